The number of pyridine rings is 1. The Morgan fingerprint density at radius 1 is 0.921 bits per heavy atom. The van der Waals surface area contributed by atoms with Gasteiger partial charge in [0.25, 0.3) is 5.91 Å². The zero-order valence-corrected chi connectivity index (χ0v) is 36.7. The third-order valence-electron chi connectivity index (χ3n) is 10.5. The molecule has 0 radical (unpaired) electrons. The maximum Gasteiger partial charge on any atom is 0.326 e. The predicted octanol–water partition coefficient (Wildman–Crippen LogP) is 3.67. The van der Waals surface area contributed by atoms with Crippen LogP contribution in [0, 0.1) is 0 Å². The number of carboxylic acids is 1. The summed E-state index contributed by atoms with van der Waals surface area (Å²) >= 11 is 6.53. The number of ether oxygens (including phenoxy) is 2. The fraction of sp³-hybridized carbons (Fsp3) is 0.378. The van der Waals surface area contributed by atoms with Gasteiger partial charge >= 0.3 is 5.97 Å². The van der Waals surface area contributed by atoms with Crippen molar-refractivity contribution in [3.63, 3.8) is 0 Å². The van der Waals surface area contributed by atoms with E-state index in [1.807, 2.05) is 24.3 Å². The number of phenols is 1. The van der Waals surface area contributed by atoms with Crippen LogP contribution in [-0.4, -0.2) is 102 Å². The van der Waals surface area contributed by atoms with E-state index in [4.69, 9.17) is 38.3 Å². The largest absolute Gasteiger partial charge is 0.504 e. The zero-order chi connectivity index (χ0) is 46.2. The van der Waals surface area contributed by atoms with Crippen molar-refractivity contribution in [3.05, 3.63) is 88.1 Å². The van der Waals surface area contributed by atoms with Gasteiger partial charge in [-0.05, 0) is 85.3 Å². The number of carbonyl (C=O) groups excluding carboxylic acids is 4. The van der Waals surface area contributed by atoms with Gasteiger partial charge in [-0.3, -0.25) is 19.2 Å². The molecule has 0 saturated carbocycles. The SMILES string of the molecule is C[C@@H]1NC(=O)[C@@H](N(C)C(=O)CNC(=O)c2c(N)cc(-c3ccc(C(C)(C)C)cc3)nc2Cl)c2cc(OCCCN)c(O)c(c2)-c2cc(ccc2OCCCN)C[C@@H](C(=O)O)NC1=O. The Hall–Kier alpha value is -6.43. The normalized spacial score (nSPS) is 16.5. The second-order valence-corrected chi connectivity index (χ2v) is 16.6. The molecule has 0 saturated heterocycles. The average molecular weight is 887 g/mol. The summed E-state index contributed by atoms with van der Waals surface area (Å²) in [5.41, 5.74) is 20.9. The summed E-state index contributed by atoms with van der Waals surface area (Å²) in [7, 11) is 1.32. The number of nitrogen functional groups attached to an aromatic ring is 1. The van der Waals surface area contributed by atoms with Crippen LogP contribution in [0.5, 0.6) is 17.2 Å². The molecular weight excluding hydrogens is 832 g/mol. The van der Waals surface area contributed by atoms with E-state index in [0.717, 1.165) is 16.0 Å². The van der Waals surface area contributed by atoms with Crippen LogP contribution >= 0.6 is 11.6 Å². The lowest BCUT2D eigenvalue weighted by atomic mass is 9.86. The van der Waals surface area contributed by atoms with Crippen molar-refractivity contribution in [3.8, 4) is 39.6 Å². The quantitative estimate of drug-likeness (QED) is 0.0664. The maximum atomic E-state index is 14.4. The Bertz CT molecular complexity index is 2330. The van der Waals surface area contributed by atoms with Gasteiger partial charge in [0.05, 0.1) is 31.0 Å². The summed E-state index contributed by atoms with van der Waals surface area (Å²) < 4.78 is 12.0. The molecule has 0 spiro atoms. The summed E-state index contributed by atoms with van der Waals surface area (Å²) in [6.45, 7) is 7.89. The Labute approximate surface area is 370 Å². The number of carboxylic acid groups (broad SMARTS) is 1. The van der Waals surface area contributed by atoms with Crippen molar-refractivity contribution in [1.82, 2.24) is 25.8 Å². The summed E-state index contributed by atoms with van der Waals surface area (Å²) in [5, 5.41) is 29.2. The molecule has 5 rings (SSSR count). The minimum absolute atomic E-state index is 0.0141. The van der Waals surface area contributed by atoms with Crippen molar-refractivity contribution in [2.75, 3.05) is 45.6 Å². The molecule has 4 bridgehead atoms. The number of likely N-dealkylation sites (N-methyl/N-ethyl adjacent to an activating group) is 1. The van der Waals surface area contributed by atoms with Gasteiger partial charge in [0.1, 0.15) is 29.0 Å². The van der Waals surface area contributed by atoms with Crippen LogP contribution in [-0.2, 0) is 31.0 Å². The second-order valence-electron chi connectivity index (χ2n) is 16.2. The molecule has 4 aromatic rings. The van der Waals surface area contributed by atoms with Gasteiger partial charge in [0, 0.05) is 35.8 Å². The number of aliphatic carboxylic acids is 1. The number of carbonyl (C=O) groups is 5. The average Bonchev–Trinajstić information content (AvgIpc) is 3.23. The monoisotopic (exact) mass is 886 g/mol. The molecule has 1 aromatic heterocycles. The lowest BCUT2D eigenvalue weighted by Crippen LogP contribution is -2.53. The molecule has 0 fully saturated rings. The molecule has 11 N–H and O–H groups in total. The highest BCUT2D eigenvalue weighted by atomic mass is 35.5. The molecule has 18 heteroatoms. The minimum atomic E-state index is -1.52. The van der Waals surface area contributed by atoms with E-state index in [-0.39, 0.29) is 76.4 Å². The van der Waals surface area contributed by atoms with E-state index in [9.17, 15) is 34.2 Å². The van der Waals surface area contributed by atoms with Crippen LogP contribution in [0.25, 0.3) is 22.4 Å². The number of phenolic OH excluding ortho intramolecular Hbond substituents is 1. The zero-order valence-electron chi connectivity index (χ0n) is 35.9. The lowest BCUT2D eigenvalue weighted by Gasteiger charge is -2.30. The van der Waals surface area contributed by atoms with Gasteiger partial charge in [-0.15, -0.1) is 0 Å². The minimum Gasteiger partial charge on any atom is -0.504 e. The fourth-order valence-corrected chi connectivity index (χ4v) is 7.16. The number of nitrogens with one attached hydrogen (secondary N) is 3. The van der Waals surface area contributed by atoms with Gasteiger partial charge in [0.15, 0.2) is 11.5 Å². The van der Waals surface area contributed by atoms with Crippen LogP contribution in [0.15, 0.2) is 60.7 Å². The first-order valence-electron chi connectivity index (χ1n) is 20.4. The Balaban J connectivity index is 1.54. The Morgan fingerprint density at radius 3 is 2.17 bits per heavy atom. The summed E-state index contributed by atoms with van der Waals surface area (Å²) in [6, 6.07) is 12.7. The first-order valence-corrected chi connectivity index (χ1v) is 20.8. The number of nitrogens with zero attached hydrogens (tertiary/aromatic N) is 2. The summed E-state index contributed by atoms with van der Waals surface area (Å²) in [4.78, 5) is 73.2. The lowest BCUT2D eigenvalue weighted by molar-refractivity contribution is -0.142. The Morgan fingerprint density at radius 2 is 1.57 bits per heavy atom. The molecule has 0 aliphatic carbocycles. The van der Waals surface area contributed by atoms with E-state index in [0.29, 0.717) is 36.2 Å². The van der Waals surface area contributed by atoms with Gasteiger partial charge in [-0.1, -0.05) is 62.7 Å². The number of fused-ring (bicyclic) bond motifs is 5. The van der Waals surface area contributed by atoms with Crippen LogP contribution < -0.4 is 42.6 Å². The van der Waals surface area contributed by atoms with Gasteiger partial charge < -0.3 is 57.7 Å². The molecule has 3 atom stereocenters. The van der Waals surface area contributed by atoms with Crippen LogP contribution in [0.3, 0.4) is 0 Å². The molecule has 4 amide bonds. The number of anilines is 1. The third kappa shape index (κ3) is 11.5. The maximum absolute atomic E-state index is 14.4. The molecule has 1 aliphatic rings. The summed E-state index contributed by atoms with van der Waals surface area (Å²) in [6.07, 6.45) is 0.737. The van der Waals surface area contributed by atoms with E-state index in [1.165, 1.54) is 32.2 Å². The number of aromatic hydroxyl groups is 1. The fourth-order valence-electron chi connectivity index (χ4n) is 6.87. The van der Waals surface area contributed by atoms with Gasteiger partial charge in [-0.2, -0.15) is 0 Å². The molecule has 63 heavy (non-hydrogen) atoms. The number of amides is 4. The van der Waals surface area contributed by atoms with Crippen molar-refractivity contribution >= 4 is 46.9 Å². The molecule has 336 valence electrons. The number of hydrogen-bond acceptors (Lipinski definition) is 12. The number of rotatable bonds is 14. The number of halogens is 1. The number of nitrogens with two attached hydrogens (primary N) is 3. The topological polar surface area (TPSA) is 275 Å². The van der Waals surface area contributed by atoms with Gasteiger partial charge in [0.2, 0.25) is 17.7 Å². The first-order chi connectivity index (χ1) is 29.8. The van der Waals surface area contributed by atoms with Crippen molar-refractivity contribution in [1.29, 1.82) is 0 Å². The molecule has 17 nitrogen and oxygen atoms in total. The standard InChI is InChI=1S/C45H55ClN8O9/c1-24-41(57)53-33(44(60)61)19-25-8-13-34(62-16-6-14-47)29(18-25)30-20-27(21-35(39(30)56)63-17-7-15-48)38(43(59)51-24)54(5)36(55)23-50-42(58)37-31(49)22-32(52-40(37)46)26-9-11-28(12-10-26)45(2,3)4/h8-13,18,20-22,24,33,38,56H,6-7,14-17,19,23,47-48H2,1-5H3,(H2,49,52)(H,50,58)(H,51,59)(H,53,57)(H,60,61)/t24-,33-,38-/m0/s1. The molecule has 3 aromatic carbocycles. The Kier molecular flexibility index (Phi) is 15.6. The molecule has 0 unspecified atom stereocenters. The third-order valence-corrected chi connectivity index (χ3v) is 10.7. The highest BCUT2D eigenvalue weighted by Crippen LogP contribution is 2.45. The van der Waals surface area contributed by atoms with Crippen LogP contribution in [0.2, 0.25) is 5.15 Å². The van der Waals surface area contributed by atoms with E-state index in [2.05, 4.69) is 41.7 Å². The number of benzene rings is 3. The summed E-state index contributed by atoms with van der Waals surface area (Å²) in [5.74, 6) is -4.67. The second kappa shape index (κ2) is 20.6. The molecule has 1 aliphatic heterocycles. The van der Waals surface area contributed by atoms with E-state index >= 15 is 0 Å². The van der Waals surface area contributed by atoms with Crippen molar-refractivity contribution in [2.24, 2.45) is 11.5 Å². The van der Waals surface area contributed by atoms with E-state index < -0.39 is 54.3 Å². The highest BCUT2D eigenvalue weighted by Gasteiger charge is 2.34. The molecular formula is C45H55ClN8O9. The van der Waals surface area contributed by atoms with Crippen LogP contribution in [0.4, 0.5) is 5.69 Å². The van der Waals surface area contributed by atoms with E-state index in [1.54, 1.807) is 18.2 Å². The first kappa shape index (κ1) is 47.6. The number of hydrogen-bond donors (Lipinski definition) is 8. The van der Waals surface area contributed by atoms with Crippen molar-refractivity contribution in [2.45, 2.75) is 70.5 Å². The molecule has 2 heterocycles. The highest BCUT2D eigenvalue weighted by molar-refractivity contribution is 6.33. The van der Waals surface area contributed by atoms with Gasteiger partial charge in [-0.25, -0.2) is 9.78 Å². The van der Waals surface area contributed by atoms with Crippen molar-refractivity contribution < 1.29 is 43.7 Å². The van der Waals surface area contributed by atoms with Crippen LogP contribution in [0.1, 0.15) is 73.6 Å². The predicted molar refractivity (Wildman–Crippen MR) is 238 cm³/mol. The smallest absolute Gasteiger partial charge is 0.326 e. The number of aromatic nitrogens is 1.